The summed E-state index contributed by atoms with van der Waals surface area (Å²) >= 11 is 0. The molecule has 0 rings (SSSR count). The second kappa shape index (κ2) is 75.1. The molecule has 0 fully saturated rings. The van der Waals surface area contributed by atoms with Crippen LogP contribution in [0.15, 0.2) is 194 Å². The van der Waals surface area contributed by atoms with Crippen molar-refractivity contribution in [2.75, 3.05) is 39.6 Å². The zero-order chi connectivity index (χ0) is 76.0. The minimum atomic E-state index is -5.01. The highest BCUT2D eigenvalue weighted by atomic mass is 31.2. The fourth-order valence-electron chi connectivity index (χ4n) is 9.32. The van der Waals surface area contributed by atoms with Crippen molar-refractivity contribution in [3.05, 3.63) is 194 Å². The van der Waals surface area contributed by atoms with Gasteiger partial charge in [-0.15, -0.1) is 0 Å². The van der Waals surface area contributed by atoms with Crippen LogP contribution < -0.4 is 0 Å². The van der Waals surface area contributed by atoms with Gasteiger partial charge in [-0.05, 0) is 167 Å². The van der Waals surface area contributed by atoms with E-state index in [2.05, 4.69) is 198 Å². The van der Waals surface area contributed by atoms with E-state index < -0.39 is 97.5 Å². The van der Waals surface area contributed by atoms with Crippen molar-refractivity contribution in [1.29, 1.82) is 0 Å². The van der Waals surface area contributed by atoms with Crippen LogP contribution in [0.1, 0.15) is 259 Å². The topological polar surface area (TPSA) is 237 Å². The first-order chi connectivity index (χ1) is 50.7. The lowest BCUT2D eigenvalue weighted by atomic mass is 10.1. The van der Waals surface area contributed by atoms with Gasteiger partial charge in [0.2, 0.25) is 0 Å². The molecule has 17 nitrogen and oxygen atoms in total. The molecule has 0 aliphatic rings. The van der Waals surface area contributed by atoms with Gasteiger partial charge < -0.3 is 33.8 Å². The van der Waals surface area contributed by atoms with Crippen molar-refractivity contribution in [3.63, 3.8) is 0 Å². The lowest BCUT2D eigenvalue weighted by Crippen LogP contribution is -2.30. The van der Waals surface area contributed by atoms with Gasteiger partial charge in [0.1, 0.15) is 19.3 Å². The molecule has 0 aromatic carbocycles. The predicted octanol–water partition coefficient (Wildman–Crippen LogP) is 22.5. The highest BCUT2D eigenvalue weighted by Gasteiger charge is 2.30. The summed E-state index contributed by atoms with van der Waals surface area (Å²) in [4.78, 5) is 72.9. The Bertz CT molecular complexity index is 2560. The van der Waals surface area contributed by atoms with Gasteiger partial charge in [0, 0.05) is 25.7 Å². The lowest BCUT2D eigenvalue weighted by molar-refractivity contribution is -0.161. The minimum Gasteiger partial charge on any atom is -0.462 e. The second-order valence-corrected chi connectivity index (χ2v) is 27.7. The summed E-state index contributed by atoms with van der Waals surface area (Å²) in [5.41, 5.74) is 0. The van der Waals surface area contributed by atoms with E-state index in [0.29, 0.717) is 38.5 Å². The van der Waals surface area contributed by atoms with Crippen molar-refractivity contribution in [2.45, 2.75) is 277 Å². The van der Waals surface area contributed by atoms with Crippen LogP contribution in [0.5, 0.6) is 0 Å². The molecule has 4 unspecified atom stereocenters. The van der Waals surface area contributed by atoms with Crippen LogP contribution in [-0.4, -0.2) is 96.7 Å². The summed E-state index contributed by atoms with van der Waals surface area (Å²) < 4.78 is 68.4. The first-order valence-electron chi connectivity index (χ1n) is 38.7. The Hall–Kier alpha value is -6.10. The maximum absolute atomic E-state index is 13.1. The van der Waals surface area contributed by atoms with Crippen molar-refractivity contribution >= 4 is 39.5 Å². The quantitative estimate of drug-likeness (QED) is 0.0169. The third-order valence-electron chi connectivity index (χ3n) is 15.0. The zero-order valence-electron chi connectivity index (χ0n) is 63.9. The molecular formula is C85H134O17P2. The van der Waals surface area contributed by atoms with E-state index in [0.717, 1.165) is 167 Å². The molecule has 0 saturated heterocycles. The molecule has 0 saturated carbocycles. The Kier molecular flexibility index (Phi) is 70.7. The number of esters is 4. The Morgan fingerprint density at radius 1 is 0.269 bits per heavy atom. The molecule has 4 atom stereocenters. The van der Waals surface area contributed by atoms with Gasteiger partial charge >= 0.3 is 39.5 Å². The van der Waals surface area contributed by atoms with Crippen molar-refractivity contribution in [2.24, 2.45) is 0 Å². The van der Waals surface area contributed by atoms with Crippen LogP contribution in [0.2, 0.25) is 0 Å². The number of carbonyl (C=O) groups excluding carboxylic acids is 4. The monoisotopic (exact) mass is 1490 g/mol. The van der Waals surface area contributed by atoms with E-state index in [1.54, 1.807) is 0 Å². The number of aliphatic hydroxyl groups is 1. The summed E-state index contributed by atoms with van der Waals surface area (Å²) in [7, 11) is -10.0. The van der Waals surface area contributed by atoms with Gasteiger partial charge in [-0.3, -0.25) is 37.3 Å². The van der Waals surface area contributed by atoms with E-state index in [1.165, 1.54) is 0 Å². The molecular weight excluding hydrogens is 1350 g/mol. The Morgan fingerprint density at radius 2 is 0.481 bits per heavy atom. The van der Waals surface area contributed by atoms with Crippen LogP contribution in [0.25, 0.3) is 0 Å². The molecule has 0 spiro atoms. The maximum Gasteiger partial charge on any atom is 0.472 e. The Balaban J connectivity index is 5.51. The number of allylic oxidation sites excluding steroid dienone is 32. The molecule has 104 heavy (non-hydrogen) atoms. The normalized spacial score (nSPS) is 15.0. The number of unbranched alkanes of at least 4 members (excludes halogenated alkanes) is 12. The molecule has 0 aliphatic carbocycles. The van der Waals surface area contributed by atoms with Crippen molar-refractivity contribution in [1.82, 2.24) is 0 Å². The number of aliphatic hydroxyl groups excluding tert-OH is 1. The second-order valence-electron chi connectivity index (χ2n) is 24.8. The van der Waals surface area contributed by atoms with Crippen LogP contribution in [0.3, 0.4) is 0 Å². The molecule has 0 bridgehead atoms. The van der Waals surface area contributed by atoms with Gasteiger partial charge in [0.25, 0.3) is 0 Å². The molecule has 0 heterocycles. The number of phosphoric ester groups is 2. The summed E-state index contributed by atoms with van der Waals surface area (Å²) in [6.07, 6.45) is 91.5. The average Bonchev–Trinajstić information content (AvgIpc) is 0.937. The van der Waals surface area contributed by atoms with E-state index in [9.17, 15) is 43.2 Å². The van der Waals surface area contributed by atoms with Crippen molar-refractivity contribution in [3.8, 4) is 0 Å². The number of carbonyl (C=O) groups is 4. The minimum absolute atomic E-state index is 0.0536. The van der Waals surface area contributed by atoms with E-state index in [-0.39, 0.29) is 25.7 Å². The number of rotatable bonds is 70. The number of phosphoric acid groups is 2. The van der Waals surface area contributed by atoms with Gasteiger partial charge in [-0.1, -0.05) is 261 Å². The Labute approximate surface area is 627 Å². The number of ether oxygens (including phenoxy) is 4. The van der Waals surface area contributed by atoms with Crippen LogP contribution in [0.4, 0.5) is 0 Å². The summed E-state index contributed by atoms with van der Waals surface area (Å²) in [5, 5.41) is 10.6. The van der Waals surface area contributed by atoms with Crippen LogP contribution >= 0.6 is 15.6 Å². The van der Waals surface area contributed by atoms with E-state index >= 15 is 0 Å². The van der Waals surface area contributed by atoms with Gasteiger partial charge in [-0.2, -0.15) is 0 Å². The highest BCUT2D eigenvalue weighted by Crippen LogP contribution is 2.45. The SMILES string of the molecule is CC/C=C\C/C=C\C/C=C\C/C=C\C/C=C\CCCC(=O)OCC(COP(=O)(O)OCC(O)COP(=O)(O)OCC(COC(=O)CCC/C=C\C/C=C\C/C=C\C/C=C\C/C=C\CC)OC(=O)CCCCCCC/C=C\C/C=C\C/C=C\CC)OC(=O)CCCCCCC/C=C\C/C=C\C/C=C\CC. The smallest absolute Gasteiger partial charge is 0.462 e. The molecule has 0 amide bonds. The zero-order valence-corrected chi connectivity index (χ0v) is 65.6. The summed E-state index contributed by atoms with van der Waals surface area (Å²) in [6, 6.07) is 0. The molecule has 19 heteroatoms. The number of hydrogen-bond acceptors (Lipinski definition) is 15. The maximum atomic E-state index is 13.1. The summed E-state index contributed by atoms with van der Waals surface area (Å²) in [6.45, 7) is 4.21. The average molecular weight is 1490 g/mol. The van der Waals surface area contributed by atoms with E-state index in [1.807, 2.05) is 24.3 Å². The fraction of sp³-hybridized carbons (Fsp3) is 0.576. The van der Waals surface area contributed by atoms with Gasteiger partial charge in [-0.25, -0.2) is 9.13 Å². The highest BCUT2D eigenvalue weighted by molar-refractivity contribution is 7.47. The molecule has 586 valence electrons. The Morgan fingerprint density at radius 3 is 0.750 bits per heavy atom. The molecule has 3 N–H and O–H groups in total. The number of hydrogen-bond donors (Lipinski definition) is 3. The fourth-order valence-corrected chi connectivity index (χ4v) is 10.9. The van der Waals surface area contributed by atoms with Crippen LogP contribution in [-0.2, 0) is 65.4 Å². The summed E-state index contributed by atoms with van der Waals surface area (Å²) in [5.74, 6) is -2.37. The van der Waals surface area contributed by atoms with Crippen molar-refractivity contribution < 1.29 is 80.2 Å². The molecule has 0 aromatic heterocycles. The lowest BCUT2D eigenvalue weighted by Gasteiger charge is -2.21. The van der Waals surface area contributed by atoms with Crippen LogP contribution in [0, 0.1) is 0 Å². The third-order valence-corrected chi connectivity index (χ3v) is 16.9. The first-order valence-corrected chi connectivity index (χ1v) is 41.7. The molecule has 0 aliphatic heterocycles. The first kappa shape index (κ1) is 97.9. The van der Waals surface area contributed by atoms with E-state index in [4.69, 9.17) is 37.0 Å². The largest absolute Gasteiger partial charge is 0.472 e. The third kappa shape index (κ3) is 74.2. The van der Waals surface area contributed by atoms with Gasteiger partial charge in [0.05, 0.1) is 26.4 Å². The van der Waals surface area contributed by atoms with Gasteiger partial charge in [0.15, 0.2) is 12.2 Å². The predicted molar refractivity (Wildman–Crippen MR) is 426 cm³/mol. The molecule has 0 aromatic rings. The standard InChI is InChI=1S/C85H134O17P2/c1-5-9-13-17-21-25-29-33-37-39-43-45-49-53-57-61-65-69-82(87)95-75-80(101-84(89)71-67-63-59-55-51-47-41-35-31-27-23-19-15-11-7-3)77-99-103(91,92)97-73-79(86)74-98-104(93,94)100-78-81(102-85(90)72-68-64-60-56-52-48-42-36-32-28-24-20-16-12-8-4)76-96-83(88)70-66-62-58-54-50-46-44-40-38-34-30-26-22-18-14-10-6-2/h9-16,21-28,33-38,41-46,53-54,57-58,79-81,86H,5-8,17-20,29-32,39-40,47-52,55-56,59-78H2,1-4H3,(H,91,92)(H,93,94)/b13-9-,14-10-,15-11-,16-12-,25-21-,26-22-,27-23-,28-24-,37-33-,38-34-,41-35-,42-36-,45-43-,46-44-,57-53-,58-54-. The molecule has 0 radical (unpaired) electrons.